The quantitative estimate of drug-likeness (QED) is 0.391. The van der Waals surface area contributed by atoms with Gasteiger partial charge in [0.25, 0.3) is 5.90 Å². The van der Waals surface area contributed by atoms with Crippen molar-refractivity contribution in [1.29, 1.82) is 0 Å². The van der Waals surface area contributed by atoms with Crippen molar-refractivity contribution in [2.45, 2.75) is 6.61 Å². The molecule has 0 amide bonds. The average Bonchev–Trinajstić information content (AvgIpc) is 3.26. The Balaban J connectivity index is 1.54. The summed E-state index contributed by atoms with van der Waals surface area (Å²) in [6, 6.07) is 12.8. The Bertz CT molecular complexity index is 1130. The van der Waals surface area contributed by atoms with Gasteiger partial charge in [-0.2, -0.15) is 4.98 Å². The monoisotopic (exact) mass is 461 g/mol. The third-order valence-electron chi connectivity index (χ3n) is 4.20. The van der Waals surface area contributed by atoms with Crippen LogP contribution in [0.3, 0.4) is 0 Å². The molecule has 3 aromatic rings. The molecule has 0 N–H and O–H groups in total. The summed E-state index contributed by atoms with van der Waals surface area (Å²) in [7, 11) is 1.45. The Kier molecular flexibility index (Phi) is 6.54. The molecule has 2 aromatic carbocycles. The summed E-state index contributed by atoms with van der Waals surface area (Å²) < 4.78 is 12.9. The lowest BCUT2D eigenvalue weighted by molar-refractivity contribution is 0.0672. The Morgan fingerprint density at radius 3 is 2.84 bits per heavy atom. The molecule has 9 nitrogen and oxygen atoms in total. The third kappa shape index (κ3) is 4.89. The van der Waals surface area contributed by atoms with Gasteiger partial charge in [0.15, 0.2) is 12.3 Å². The predicted molar refractivity (Wildman–Crippen MR) is 115 cm³/mol. The number of benzene rings is 2. The van der Waals surface area contributed by atoms with Gasteiger partial charge >= 0.3 is 6.01 Å². The number of ether oxygens (including phenoxy) is 2. The Hall–Kier alpha value is -3.30. The molecule has 0 saturated heterocycles. The van der Waals surface area contributed by atoms with Crippen LogP contribution >= 0.6 is 23.2 Å². The smallest absolute Gasteiger partial charge is 0.336 e. The van der Waals surface area contributed by atoms with Gasteiger partial charge in [-0.15, -0.1) is 5.10 Å². The van der Waals surface area contributed by atoms with E-state index in [0.717, 1.165) is 5.56 Å². The highest BCUT2D eigenvalue weighted by Gasteiger charge is 2.21. The summed E-state index contributed by atoms with van der Waals surface area (Å²) in [4.78, 5) is 14.3. The van der Waals surface area contributed by atoms with Crippen LogP contribution in [0.1, 0.15) is 11.1 Å². The number of hydrogen-bond donors (Lipinski definition) is 0. The minimum absolute atomic E-state index is 0.172. The van der Waals surface area contributed by atoms with E-state index in [0.29, 0.717) is 40.2 Å². The Morgan fingerprint density at radius 2 is 2.06 bits per heavy atom. The highest BCUT2D eigenvalue weighted by molar-refractivity contribution is 6.45. The van der Waals surface area contributed by atoms with E-state index in [9.17, 15) is 0 Å². The minimum atomic E-state index is 0.172. The van der Waals surface area contributed by atoms with Crippen molar-refractivity contribution >= 4 is 34.8 Å². The van der Waals surface area contributed by atoms with Crippen molar-refractivity contribution in [2.24, 2.45) is 10.3 Å². The van der Waals surface area contributed by atoms with Crippen molar-refractivity contribution < 1.29 is 19.1 Å². The standard InChI is InChI=1S/C20H17Cl2N5O4/c1-28-25-18(19-26-31-9-8-29-19)15-5-3-2-4-13(15)11-30-20-23-12-27(24-20)17-7-6-14(21)10-16(17)22/h2-7,10,12H,8-9,11H2,1H3/b25-18-. The van der Waals surface area contributed by atoms with E-state index in [1.165, 1.54) is 18.1 Å². The number of hydrogen-bond acceptors (Lipinski definition) is 8. The fourth-order valence-corrected chi connectivity index (χ4v) is 3.32. The van der Waals surface area contributed by atoms with E-state index in [4.69, 9.17) is 42.4 Å². The minimum Gasteiger partial charge on any atom is -0.470 e. The molecular formula is C20H17Cl2N5O4. The van der Waals surface area contributed by atoms with Crippen LogP contribution in [0.25, 0.3) is 5.69 Å². The molecule has 0 radical (unpaired) electrons. The molecule has 11 heteroatoms. The Labute approximate surface area is 187 Å². The van der Waals surface area contributed by atoms with E-state index in [1.807, 2.05) is 24.3 Å². The first-order chi connectivity index (χ1) is 15.2. The number of aromatic nitrogens is 3. The molecule has 0 aliphatic carbocycles. The lowest BCUT2D eigenvalue weighted by Gasteiger charge is -2.16. The lowest BCUT2D eigenvalue weighted by Crippen LogP contribution is -2.26. The molecule has 0 fully saturated rings. The lowest BCUT2D eigenvalue weighted by atomic mass is 10.0. The van der Waals surface area contributed by atoms with E-state index >= 15 is 0 Å². The van der Waals surface area contributed by atoms with E-state index in [2.05, 4.69) is 20.4 Å². The van der Waals surface area contributed by atoms with Crippen molar-refractivity contribution in [1.82, 2.24) is 14.8 Å². The molecule has 4 rings (SSSR count). The molecule has 1 aliphatic rings. The second-order valence-electron chi connectivity index (χ2n) is 6.21. The summed E-state index contributed by atoms with van der Waals surface area (Å²) in [5.74, 6) is 0.236. The molecule has 2 heterocycles. The molecule has 0 unspecified atom stereocenters. The second kappa shape index (κ2) is 9.67. The summed E-state index contributed by atoms with van der Waals surface area (Å²) in [5.41, 5.74) is 2.55. The summed E-state index contributed by atoms with van der Waals surface area (Å²) in [6.45, 7) is 0.917. The van der Waals surface area contributed by atoms with Crippen molar-refractivity contribution in [3.05, 3.63) is 70.0 Å². The number of oxime groups is 2. The summed E-state index contributed by atoms with van der Waals surface area (Å²) in [5, 5.41) is 13.3. The van der Waals surface area contributed by atoms with Crippen LogP contribution in [0.4, 0.5) is 0 Å². The van der Waals surface area contributed by atoms with Gasteiger partial charge in [-0.3, -0.25) is 0 Å². The maximum absolute atomic E-state index is 6.23. The van der Waals surface area contributed by atoms with Gasteiger partial charge in [0, 0.05) is 10.6 Å². The molecule has 1 aromatic heterocycles. The van der Waals surface area contributed by atoms with Crippen molar-refractivity contribution in [3.8, 4) is 11.7 Å². The molecule has 0 spiro atoms. The van der Waals surface area contributed by atoms with Gasteiger partial charge in [-0.25, -0.2) is 4.68 Å². The second-order valence-corrected chi connectivity index (χ2v) is 7.06. The van der Waals surface area contributed by atoms with Crippen LogP contribution in [0.5, 0.6) is 6.01 Å². The zero-order valence-electron chi connectivity index (χ0n) is 16.4. The number of nitrogens with zero attached hydrogens (tertiary/aromatic N) is 5. The molecule has 160 valence electrons. The maximum Gasteiger partial charge on any atom is 0.336 e. The zero-order valence-corrected chi connectivity index (χ0v) is 17.9. The van der Waals surface area contributed by atoms with Crippen LogP contribution < -0.4 is 4.74 Å². The average molecular weight is 462 g/mol. The molecule has 31 heavy (non-hydrogen) atoms. The van der Waals surface area contributed by atoms with E-state index in [1.54, 1.807) is 18.2 Å². The molecular weight excluding hydrogens is 445 g/mol. The van der Waals surface area contributed by atoms with Gasteiger partial charge in [0.05, 0.1) is 10.7 Å². The topological polar surface area (TPSA) is 92.4 Å². The first-order valence-electron chi connectivity index (χ1n) is 9.18. The first kappa shape index (κ1) is 21.0. The highest BCUT2D eigenvalue weighted by atomic mass is 35.5. The van der Waals surface area contributed by atoms with Gasteiger partial charge < -0.3 is 19.1 Å². The van der Waals surface area contributed by atoms with Crippen LogP contribution in [0.15, 0.2) is 59.1 Å². The number of halogens is 2. The fourth-order valence-electron chi connectivity index (χ4n) is 2.83. The van der Waals surface area contributed by atoms with Gasteiger partial charge in [-0.1, -0.05) is 52.6 Å². The molecule has 0 atom stereocenters. The number of rotatable bonds is 7. The third-order valence-corrected chi connectivity index (χ3v) is 4.74. The van der Waals surface area contributed by atoms with Crippen molar-refractivity contribution in [3.63, 3.8) is 0 Å². The van der Waals surface area contributed by atoms with E-state index in [-0.39, 0.29) is 18.5 Å². The molecule has 0 bridgehead atoms. The van der Waals surface area contributed by atoms with Crippen molar-refractivity contribution in [2.75, 3.05) is 20.3 Å². The molecule has 0 saturated carbocycles. The molecule has 1 aliphatic heterocycles. The highest BCUT2D eigenvalue weighted by Crippen LogP contribution is 2.24. The van der Waals surface area contributed by atoms with Crippen LogP contribution in [-0.4, -0.2) is 46.7 Å². The largest absolute Gasteiger partial charge is 0.470 e. The fraction of sp³-hybridized carbons (Fsp3) is 0.200. The van der Waals surface area contributed by atoms with Gasteiger partial charge in [0.2, 0.25) is 0 Å². The summed E-state index contributed by atoms with van der Waals surface area (Å²) in [6.07, 6.45) is 1.51. The summed E-state index contributed by atoms with van der Waals surface area (Å²) >= 11 is 12.2. The van der Waals surface area contributed by atoms with Gasteiger partial charge in [0.1, 0.15) is 26.7 Å². The van der Waals surface area contributed by atoms with Crippen LogP contribution in [0.2, 0.25) is 10.0 Å². The predicted octanol–water partition coefficient (Wildman–Crippen LogP) is 3.86. The Morgan fingerprint density at radius 1 is 1.19 bits per heavy atom. The van der Waals surface area contributed by atoms with Crippen LogP contribution in [-0.2, 0) is 21.0 Å². The first-order valence-corrected chi connectivity index (χ1v) is 9.93. The SMILES string of the molecule is CO/N=C(\C1=NOCCO1)c1ccccc1COc1ncn(-c2ccc(Cl)cc2Cl)n1. The van der Waals surface area contributed by atoms with E-state index < -0.39 is 0 Å². The maximum atomic E-state index is 6.23. The zero-order chi connectivity index (χ0) is 21.6. The van der Waals surface area contributed by atoms with Gasteiger partial charge in [-0.05, 0) is 28.9 Å². The van der Waals surface area contributed by atoms with Crippen LogP contribution in [0, 0.1) is 0 Å². The normalized spacial score (nSPS) is 13.8.